The van der Waals surface area contributed by atoms with Gasteiger partial charge >= 0.3 is 11.9 Å². The monoisotopic (exact) mass is 690 g/mol. The van der Waals surface area contributed by atoms with Crippen molar-refractivity contribution in [1.82, 2.24) is 35.4 Å². The van der Waals surface area contributed by atoms with Crippen molar-refractivity contribution in [2.75, 3.05) is 23.8 Å². The molecule has 3 atom stereocenters. The lowest BCUT2D eigenvalue weighted by molar-refractivity contribution is -0.150. The number of carbonyl (C=O) groups excluding carboxylic acids is 2. The van der Waals surface area contributed by atoms with Gasteiger partial charge in [-0.1, -0.05) is 40.8 Å². The van der Waals surface area contributed by atoms with Gasteiger partial charge in [0.15, 0.2) is 16.6 Å². The lowest BCUT2D eigenvalue weighted by Gasteiger charge is -2.49. The Labute approximate surface area is 272 Å². The highest BCUT2D eigenvalue weighted by Crippen LogP contribution is 2.41. The molecule has 0 bridgehead atoms. The van der Waals surface area contributed by atoms with Crippen LogP contribution in [0.5, 0.6) is 0 Å². The van der Waals surface area contributed by atoms with Crippen LogP contribution in [-0.2, 0) is 35.4 Å². The van der Waals surface area contributed by atoms with Crippen molar-refractivity contribution in [1.29, 1.82) is 0 Å². The van der Waals surface area contributed by atoms with Crippen LogP contribution in [0.15, 0.2) is 56.9 Å². The molecule has 0 radical (unpaired) electrons. The molecule has 5 N–H and O–H groups in total. The second-order valence-electron chi connectivity index (χ2n) is 9.61. The van der Waals surface area contributed by atoms with Gasteiger partial charge in [0.05, 0.1) is 6.54 Å². The van der Waals surface area contributed by atoms with Gasteiger partial charge < -0.3 is 30.9 Å². The molecular formula is C25H26N10O8S3. The van der Waals surface area contributed by atoms with Crippen molar-refractivity contribution in [2.45, 2.75) is 42.1 Å². The van der Waals surface area contributed by atoms with Gasteiger partial charge in [-0.05, 0) is 34.9 Å². The molecule has 0 saturated carbocycles. The van der Waals surface area contributed by atoms with E-state index in [1.807, 2.05) is 12.2 Å². The van der Waals surface area contributed by atoms with Crippen molar-refractivity contribution in [3.8, 4) is 0 Å². The number of β-lactam (4-membered cyclic amide) rings is 1. The Hall–Kier alpha value is -4.76. The number of carboxylic acids is 2. The number of anilines is 1. The number of hydrogen-bond donors (Lipinski definition) is 4. The summed E-state index contributed by atoms with van der Waals surface area (Å²) in [6.07, 6.45) is 6.39. The lowest BCUT2D eigenvalue weighted by atomic mass is 10.0. The first kappa shape index (κ1) is 32.6. The van der Waals surface area contributed by atoms with Gasteiger partial charge in [-0.3, -0.25) is 14.5 Å². The van der Waals surface area contributed by atoms with E-state index in [1.54, 1.807) is 5.38 Å². The van der Waals surface area contributed by atoms with E-state index in [0.29, 0.717) is 12.0 Å². The van der Waals surface area contributed by atoms with Gasteiger partial charge in [-0.25, -0.2) is 19.3 Å². The van der Waals surface area contributed by atoms with E-state index in [-0.39, 0.29) is 63.9 Å². The maximum atomic E-state index is 13.3. The Balaban J connectivity index is 1.27. The minimum atomic E-state index is -1.34. The summed E-state index contributed by atoms with van der Waals surface area (Å²) >= 11 is 3.43. The summed E-state index contributed by atoms with van der Waals surface area (Å²) in [7, 11) is 0. The number of tetrazole rings is 1. The molecule has 242 valence electrons. The number of nitrogens with two attached hydrogens (primary N) is 1. The molecule has 2 unspecified atom stereocenters. The zero-order chi connectivity index (χ0) is 32.8. The average molecular weight is 691 g/mol. The SMILES string of the molecule is C=CCON=C(Cn1nnnc1SCC1=C(C(=O)O)N2C(=O)C(NC(=O)C(=NOC3C=CCC3)c3csc(N)n3)[C@@H]2SC1)C(=O)O. The van der Waals surface area contributed by atoms with Crippen LogP contribution >= 0.6 is 34.9 Å². The maximum Gasteiger partial charge on any atom is 0.355 e. The number of aliphatic carboxylic acids is 2. The van der Waals surface area contributed by atoms with E-state index in [4.69, 9.17) is 15.4 Å². The fourth-order valence-electron chi connectivity index (χ4n) is 4.41. The summed E-state index contributed by atoms with van der Waals surface area (Å²) in [4.78, 5) is 66.1. The molecule has 1 saturated heterocycles. The van der Waals surface area contributed by atoms with Crippen molar-refractivity contribution in [3.05, 3.63) is 47.2 Å². The maximum absolute atomic E-state index is 13.3. The third kappa shape index (κ3) is 7.21. The van der Waals surface area contributed by atoms with Crippen molar-refractivity contribution < 1.29 is 39.1 Å². The van der Waals surface area contributed by atoms with Crippen LogP contribution < -0.4 is 11.1 Å². The molecule has 4 heterocycles. The molecule has 2 aliphatic heterocycles. The van der Waals surface area contributed by atoms with Crippen molar-refractivity contribution in [2.24, 2.45) is 10.3 Å². The molecule has 5 rings (SSSR count). The number of nitrogens with one attached hydrogen (secondary N) is 1. The fraction of sp³-hybridized carbons (Fsp3) is 0.360. The molecule has 0 aromatic carbocycles. The lowest BCUT2D eigenvalue weighted by Crippen LogP contribution is -2.71. The average Bonchev–Trinajstić information content (AvgIpc) is 3.81. The largest absolute Gasteiger partial charge is 0.477 e. The molecule has 18 nitrogen and oxygen atoms in total. The highest BCUT2D eigenvalue weighted by Gasteiger charge is 2.54. The Kier molecular flexibility index (Phi) is 10.3. The zero-order valence-corrected chi connectivity index (χ0v) is 26.2. The number of carboxylic acid groups (broad SMARTS) is 2. The number of hydrogen-bond acceptors (Lipinski definition) is 16. The Morgan fingerprint density at radius 3 is 2.80 bits per heavy atom. The molecular weight excluding hydrogens is 665 g/mol. The normalized spacial score (nSPS) is 21.1. The predicted molar refractivity (Wildman–Crippen MR) is 166 cm³/mol. The summed E-state index contributed by atoms with van der Waals surface area (Å²) in [5.41, 5.74) is 5.60. The van der Waals surface area contributed by atoms with E-state index in [2.05, 4.69) is 42.7 Å². The number of aromatic nitrogens is 5. The third-order valence-corrected chi connectivity index (χ3v) is 9.61. The van der Waals surface area contributed by atoms with E-state index >= 15 is 0 Å². The number of nitrogens with zero attached hydrogens (tertiary/aromatic N) is 8. The summed E-state index contributed by atoms with van der Waals surface area (Å²) in [5.74, 6) is -3.71. The molecule has 1 aliphatic carbocycles. The molecule has 46 heavy (non-hydrogen) atoms. The minimum Gasteiger partial charge on any atom is -0.477 e. The van der Waals surface area contributed by atoms with Crippen LogP contribution in [0.3, 0.4) is 0 Å². The number of thiazole rings is 1. The van der Waals surface area contributed by atoms with E-state index in [1.165, 1.54) is 22.5 Å². The molecule has 3 aliphatic rings. The van der Waals surface area contributed by atoms with Crippen LogP contribution in [0.25, 0.3) is 0 Å². The molecule has 21 heteroatoms. The van der Waals surface area contributed by atoms with Crippen LogP contribution in [0.4, 0.5) is 5.13 Å². The Morgan fingerprint density at radius 2 is 2.13 bits per heavy atom. The number of thioether (sulfide) groups is 2. The molecule has 0 spiro atoms. The van der Waals surface area contributed by atoms with E-state index in [9.17, 15) is 29.4 Å². The number of amides is 2. The Morgan fingerprint density at radius 1 is 1.30 bits per heavy atom. The number of nitrogen functional groups attached to an aromatic ring is 1. The first-order chi connectivity index (χ1) is 22.2. The number of carbonyl (C=O) groups is 4. The van der Waals surface area contributed by atoms with E-state index in [0.717, 1.165) is 34.4 Å². The summed E-state index contributed by atoms with van der Waals surface area (Å²) in [5, 5.41) is 42.2. The standard InChI is InChI=1S/C25H26N10O8S3/c1-2-7-42-30-14(22(38)39)8-34-25(29-32-33-34)46-10-12-9-44-21-17(20(37)35(21)18(12)23(40)41)28-19(36)16(15-11-45-24(26)27-15)31-43-13-5-3-4-6-13/h2-3,5,11,13,17,21H,1,4,6-10H2,(H2,26,27)(H,28,36)(H,38,39)(H,40,41)/t13?,17?,21-/m0/s1. The smallest absolute Gasteiger partial charge is 0.355 e. The fourth-order valence-corrected chi connectivity index (χ4v) is 7.32. The van der Waals surface area contributed by atoms with Gasteiger partial charge in [0, 0.05) is 16.9 Å². The van der Waals surface area contributed by atoms with Gasteiger partial charge in [0.2, 0.25) is 5.16 Å². The topological polar surface area (TPSA) is 250 Å². The van der Waals surface area contributed by atoms with E-state index < -0.39 is 35.2 Å². The minimum absolute atomic E-state index is 0.000852. The third-order valence-electron chi connectivity index (χ3n) is 6.55. The summed E-state index contributed by atoms with van der Waals surface area (Å²) in [6.45, 7) is 3.14. The second-order valence-corrected chi connectivity index (χ2v) is 12.6. The highest BCUT2D eigenvalue weighted by atomic mass is 32.2. The van der Waals surface area contributed by atoms with Gasteiger partial charge in [0.1, 0.15) is 35.5 Å². The molecule has 2 aromatic rings. The zero-order valence-electron chi connectivity index (χ0n) is 23.7. The van der Waals surface area contributed by atoms with Crippen LogP contribution in [0.1, 0.15) is 18.5 Å². The van der Waals surface area contributed by atoms with Crippen molar-refractivity contribution >= 4 is 75.2 Å². The van der Waals surface area contributed by atoms with Crippen molar-refractivity contribution in [3.63, 3.8) is 0 Å². The first-order valence-electron chi connectivity index (χ1n) is 13.4. The second kappa shape index (κ2) is 14.6. The Bertz CT molecular complexity index is 1670. The van der Waals surface area contributed by atoms with Gasteiger partial charge in [-0.15, -0.1) is 28.2 Å². The van der Waals surface area contributed by atoms with Gasteiger partial charge in [0.25, 0.3) is 11.8 Å². The van der Waals surface area contributed by atoms with Crippen LogP contribution in [0.2, 0.25) is 0 Å². The summed E-state index contributed by atoms with van der Waals surface area (Å²) in [6, 6.07) is -1.03. The summed E-state index contributed by atoms with van der Waals surface area (Å²) < 4.78 is 1.18. The van der Waals surface area contributed by atoms with Crippen LogP contribution in [0, 0.1) is 0 Å². The quantitative estimate of drug-likeness (QED) is 0.0491. The predicted octanol–water partition coefficient (Wildman–Crippen LogP) is 0.325. The highest BCUT2D eigenvalue weighted by molar-refractivity contribution is 8.01. The molecule has 2 amide bonds. The molecule has 2 aromatic heterocycles. The van der Waals surface area contributed by atoms with Gasteiger partial charge in [-0.2, -0.15) is 0 Å². The molecule has 1 fully saturated rings. The first-order valence-corrected chi connectivity index (χ1v) is 16.3. The number of fused-ring (bicyclic) bond motifs is 1. The van der Waals surface area contributed by atoms with Crippen LogP contribution in [-0.4, -0.2) is 111 Å². The number of rotatable bonds is 15. The number of oxime groups is 2. The number of allylic oxidation sites excluding steroid dienone is 1.